The minimum Gasteiger partial charge on any atom is -0.457 e. The topological polar surface area (TPSA) is 77.3 Å². The van der Waals surface area contributed by atoms with Crippen LogP contribution in [0.1, 0.15) is 23.5 Å². The molecule has 1 aromatic heterocycles. The van der Waals surface area contributed by atoms with E-state index in [2.05, 4.69) is 10.2 Å². The average molecular weight is 485 g/mol. The second-order valence-electron chi connectivity index (χ2n) is 8.81. The van der Waals surface area contributed by atoms with Crippen LogP contribution in [0.15, 0.2) is 91.3 Å². The Morgan fingerprint density at radius 3 is 2.19 bits per heavy atom. The van der Waals surface area contributed by atoms with Crippen LogP contribution in [-0.2, 0) is 22.6 Å². The van der Waals surface area contributed by atoms with E-state index in [4.69, 9.17) is 4.74 Å². The first-order valence-electron chi connectivity index (χ1n) is 11.8. The summed E-state index contributed by atoms with van der Waals surface area (Å²) in [7, 11) is 0. The second-order valence-corrected chi connectivity index (χ2v) is 8.81. The van der Waals surface area contributed by atoms with Crippen molar-refractivity contribution in [1.29, 1.82) is 0 Å². The Balaban J connectivity index is 1.28. The van der Waals surface area contributed by atoms with Crippen molar-refractivity contribution in [2.45, 2.75) is 31.3 Å². The molecule has 0 bridgehead atoms. The summed E-state index contributed by atoms with van der Waals surface area (Å²) in [6.07, 6.45) is 3.83. The van der Waals surface area contributed by atoms with E-state index in [1.54, 1.807) is 29.2 Å². The number of amides is 1. The predicted molar refractivity (Wildman–Crippen MR) is 131 cm³/mol. The van der Waals surface area contributed by atoms with Gasteiger partial charge >= 0.3 is 0 Å². The number of rotatable bonds is 8. The summed E-state index contributed by atoms with van der Waals surface area (Å²) in [6.45, 7) is 0.471. The molecule has 8 heteroatoms. The van der Waals surface area contributed by atoms with E-state index in [0.717, 1.165) is 11.1 Å². The molecule has 7 nitrogen and oxygen atoms in total. The highest BCUT2D eigenvalue weighted by Gasteiger charge is 2.39. The molecule has 0 radical (unpaired) electrons. The highest BCUT2D eigenvalue weighted by molar-refractivity contribution is 5.91. The number of carbonyl (C=O) groups is 2. The summed E-state index contributed by atoms with van der Waals surface area (Å²) in [5.74, 6) is 0.686. The zero-order valence-electron chi connectivity index (χ0n) is 19.5. The molecule has 0 saturated carbocycles. The lowest BCUT2D eigenvalue weighted by Gasteiger charge is -2.23. The molecule has 2 heterocycles. The van der Waals surface area contributed by atoms with Gasteiger partial charge in [0.2, 0.25) is 5.91 Å². The van der Waals surface area contributed by atoms with Gasteiger partial charge in [0.1, 0.15) is 23.9 Å². The molecule has 0 aliphatic carbocycles. The SMILES string of the molecule is O=C(Cc1ccc(Oc2ccc(F)cc2)cc1)[C@@H]1C[C@@H](c2ccccc2)CN1C(=O)Cn1nccn1. The maximum atomic E-state index is 13.4. The molecule has 5 rings (SSSR count). The van der Waals surface area contributed by atoms with Crippen molar-refractivity contribution < 1.29 is 18.7 Å². The number of hydrogen-bond donors (Lipinski definition) is 0. The second kappa shape index (κ2) is 10.5. The van der Waals surface area contributed by atoms with Gasteiger partial charge in [0.25, 0.3) is 0 Å². The molecular formula is C28H25FN4O3. The predicted octanol–water partition coefficient (Wildman–Crippen LogP) is 4.41. The largest absolute Gasteiger partial charge is 0.457 e. The fraction of sp³-hybridized carbons (Fsp3) is 0.214. The molecule has 0 spiro atoms. The fourth-order valence-electron chi connectivity index (χ4n) is 4.55. The summed E-state index contributed by atoms with van der Waals surface area (Å²) in [5.41, 5.74) is 1.95. The van der Waals surface area contributed by atoms with Crippen molar-refractivity contribution in [2.75, 3.05) is 6.54 Å². The zero-order valence-corrected chi connectivity index (χ0v) is 19.5. The van der Waals surface area contributed by atoms with Crippen LogP contribution in [0.2, 0.25) is 0 Å². The Morgan fingerprint density at radius 2 is 1.53 bits per heavy atom. The molecule has 182 valence electrons. The maximum Gasteiger partial charge on any atom is 0.246 e. The summed E-state index contributed by atoms with van der Waals surface area (Å²) in [5, 5.41) is 8.06. The first-order chi connectivity index (χ1) is 17.5. The molecule has 0 unspecified atom stereocenters. The Labute approximate surface area is 208 Å². The quantitative estimate of drug-likeness (QED) is 0.370. The van der Waals surface area contributed by atoms with Gasteiger partial charge in [-0.05, 0) is 53.9 Å². The fourth-order valence-corrected chi connectivity index (χ4v) is 4.55. The number of hydrogen-bond acceptors (Lipinski definition) is 5. The Kier molecular flexibility index (Phi) is 6.84. The minimum atomic E-state index is -0.520. The zero-order chi connectivity index (χ0) is 24.9. The van der Waals surface area contributed by atoms with E-state index in [-0.39, 0.29) is 36.4 Å². The highest BCUT2D eigenvalue weighted by Crippen LogP contribution is 2.33. The van der Waals surface area contributed by atoms with E-state index in [1.807, 2.05) is 42.5 Å². The van der Waals surface area contributed by atoms with Gasteiger partial charge in [-0.3, -0.25) is 9.59 Å². The molecule has 0 N–H and O–H groups in total. The molecular weight excluding hydrogens is 459 g/mol. The van der Waals surface area contributed by atoms with Crippen molar-refractivity contribution in [2.24, 2.45) is 0 Å². The van der Waals surface area contributed by atoms with Gasteiger partial charge in [-0.2, -0.15) is 15.0 Å². The number of aromatic nitrogens is 3. The summed E-state index contributed by atoms with van der Waals surface area (Å²) >= 11 is 0. The lowest BCUT2D eigenvalue weighted by Crippen LogP contribution is -2.43. The Morgan fingerprint density at radius 1 is 0.889 bits per heavy atom. The van der Waals surface area contributed by atoms with Crippen LogP contribution in [0, 0.1) is 5.82 Å². The van der Waals surface area contributed by atoms with E-state index in [1.165, 1.54) is 29.3 Å². The summed E-state index contributed by atoms with van der Waals surface area (Å²) in [6, 6.07) is 22.5. The summed E-state index contributed by atoms with van der Waals surface area (Å²) in [4.78, 5) is 29.6. The van der Waals surface area contributed by atoms with Gasteiger partial charge in [-0.25, -0.2) is 4.39 Å². The van der Waals surface area contributed by atoms with Gasteiger partial charge in [0.15, 0.2) is 5.78 Å². The molecule has 1 aliphatic heterocycles. The van der Waals surface area contributed by atoms with Crippen molar-refractivity contribution in [3.8, 4) is 11.5 Å². The maximum absolute atomic E-state index is 13.4. The van der Waals surface area contributed by atoms with Gasteiger partial charge in [-0.15, -0.1) is 0 Å². The number of benzene rings is 3. The highest BCUT2D eigenvalue weighted by atomic mass is 19.1. The molecule has 4 aromatic rings. The lowest BCUT2D eigenvalue weighted by molar-refractivity contribution is -0.138. The molecule has 3 aromatic carbocycles. The van der Waals surface area contributed by atoms with Gasteiger partial charge in [0, 0.05) is 18.9 Å². The van der Waals surface area contributed by atoms with Gasteiger partial charge in [0.05, 0.1) is 18.4 Å². The Bertz CT molecular complexity index is 1310. The lowest BCUT2D eigenvalue weighted by atomic mass is 9.93. The van der Waals surface area contributed by atoms with Crippen LogP contribution < -0.4 is 4.74 Å². The number of carbonyl (C=O) groups excluding carboxylic acids is 2. The third-order valence-corrected chi connectivity index (χ3v) is 6.36. The van der Waals surface area contributed by atoms with Crippen molar-refractivity contribution in [3.63, 3.8) is 0 Å². The first-order valence-corrected chi connectivity index (χ1v) is 11.8. The molecule has 1 aliphatic rings. The van der Waals surface area contributed by atoms with Gasteiger partial charge in [-0.1, -0.05) is 42.5 Å². The van der Waals surface area contributed by atoms with Crippen LogP contribution in [0.3, 0.4) is 0 Å². The van der Waals surface area contributed by atoms with Gasteiger partial charge < -0.3 is 9.64 Å². The van der Waals surface area contributed by atoms with Crippen molar-refractivity contribution >= 4 is 11.7 Å². The monoisotopic (exact) mass is 484 g/mol. The number of ether oxygens (including phenoxy) is 1. The molecule has 1 amide bonds. The first kappa shape index (κ1) is 23.4. The number of likely N-dealkylation sites (tertiary alicyclic amines) is 1. The normalized spacial score (nSPS) is 17.2. The van der Waals surface area contributed by atoms with E-state index in [0.29, 0.717) is 24.5 Å². The van der Waals surface area contributed by atoms with Crippen molar-refractivity contribution in [3.05, 3.63) is 108 Å². The third kappa shape index (κ3) is 5.49. The van der Waals surface area contributed by atoms with E-state index < -0.39 is 6.04 Å². The van der Waals surface area contributed by atoms with Crippen LogP contribution in [0.25, 0.3) is 0 Å². The minimum absolute atomic E-state index is 0.00624. The molecule has 1 fully saturated rings. The number of Topliss-reactive ketones (excluding diaryl/α,β-unsaturated/α-hetero) is 1. The number of halogens is 1. The standard InChI is InChI=1S/C28H25FN4O3/c29-23-8-12-25(13-9-23)36-24-10-6-20(7-11-24)16-27(34)26-17-22(21-4-2-1-3-5-21)18-32(26)28(35)19-33-30-14-15-31-33/h1-15,22,26H,16-19H2/t22-,26+/m1/s1. The van der Waals surface area contributed by atoms with E-state index >= 15 is 0 Å². The molecule has 1 saturated heterocycles. The van der Waals surface area contributed by atoms with Crippen LogP contribution in [-0.4, -0.2) is 44.2 Å². The van der Waals surface area contributed by atoms with Crippen LogP contribution in [0.5, 0.6) is 11.5 Å². The molecule has 2 atom stereocenters. The Hall–Kier alpha value is -4.33. The summed E-state index contributed by atoms with van der Waals surface area (Å²) < 4.78 is 18.8. The number of ketones is 1. The number of nitrogens with zero attached hydrogens (tertiary/aromatic N) is 4. The van der Waals surface area contributed by atoms with Crippen LogP contribution in [0.4, 0.5) is 4.39 Å². The molecule has 36 heavy (non-hydrogen) atoms. The van der Waals surface area contributed by atoms with Crippen molar-refractivity contribution in [1.82, 2.24) is 19.9 Å². The third-order valence-electron chi connectivity index (χ3n) is 6.36. The van der Waals surface area contributed by atoms with E-state index in [9.17, 15) is 14.0 Å². The smallest absolute Gasteiger partial charge is 0.246 e. The van der Waals surface area contributed by atoms with Crippen LogP contribution >= 0.6 is 0 Å². The average Bonchev–Trinajstić information content (AvgIpc) is 3.58.